The van der Waals surface area contributed by atoms with E-state index < -0.39 is 0 Å². The van der Waals surface area contributed by atoms with E-state index in [-0.39, 0.29) is 17.7 Å². The maximum atomic E-state index is 12.5. The number of amides is 1. The molecule has 4 rings (SSSR count). The van der Waals surface area contributed by atoms with Crippen molar-refractivity contribution in [3.05, 3.63) is 66.1 Å². The molecule has 1 amide bonds. The van der Waals surface area contributed by atoms with Crippen molar-refractivity contribution >= 4 is 28.4 Å². The molecule has 29 heavy (non-hydrogen) atoms. The largest absolute Gasteiger partial charge is 0.469 e. The fraction of sp³-hybridized carbons (Fsp3) is 0.227. The zero-order valence-corrected chi connectivity index (χ0v) is 17.4. The molecule has 0 radical (unpaired) electrons. The minimum Gasteiger partial charge on any atom is -0.469 e. The summed E-state index contributed by atoms with van der Waals surface area (Å²) in [7, 11) is 1.89. The van der Waals surface area contributed by atoms with Crippen molar-refractivity contribution in [2.24, 2.45) is 7.05 Å². The van der Waals surface area contributed by atoms with Gasteiger partial charge in [-0.1, -0.05) is 54.2 Å². The SMILES string of the molecule is Cc1occc1-c1nnc(SCC(=O)NC(C)c2cccc3ccccc23)n1C. The van der Waals surface area contributed by atoms with Gasteiger partial charge in [0.05, 0.1) is 23.6 Å². The molecule has 1 N–H and O–H groups in total. The zero-order valence-electron chi connectivity index (χ0n) is 16.5. The Morgan fingerprint density at radius 3 is 2.76 bits per heavy atom. The Bertz CT molecular complexity index is 1160. The standard InChI is InChI=1S/C22H22N4O2S/c1-14(17-10-6-8-16-7-4-5-9-19(16)17)23-20(27)13-29-22-25-24-21(26(22)3)18-11-12-28-15(18)2/h4-12,14H,13H2,1-3H3,(H,23,27). The predicted octanol–water partition coefficient (Wildman–Crippen LogP) is 4.51. The van der Waals surface area contributed by atoms with Crippen LogP contribution < -0.4 is 5.32 Å². The number of hydrogen-bond donors (Lipinski definition) is 1. The Morgan fingerprint density at radius 2 is 1.97 bits per heavy atom. The van der Waals surface area contributed by atoms with Crippen LogP contribution in [0.25, 0.3) is 22.2 Å². The Labute approximate surface area is 173 Å². The number of aryl methyl sites for hydroxylation is 1. The van der Waals surface area contributed by atoms with Crippen molar-refractivity contribution in [2.45, 2.75) is 25.0 Å². The van der Waals surface area contributed by atoms with Gasteiger partial charge in [0.15, 0.2) is 11.0 Å². The maximum Gasteiger partial charge on any atom is 0.230 e. The molecule has 0 aliphatic rings. The monoisotopic (exact) mass is 406 g/mol. The van der Waals surface area contributed by atoms with E-state index in [1.54, 1.807) is 6.26 Å². The highest BCUT2D eigenvalue weighted by Crippen LogP contribution is 2.27. The van der Waals surface area contributed by atoms with Gasteiger partial charge in [-0.3, -0.25) is 4.79 Å². The second kappa shape index (κ2) is 8.13. The number of carbonyl (C=O) groups excluding carboxylic acids is 1. The molecule has 1 atom stereocenters. The number of fused-ring (bicyclic) bond motifs is 1. The first-order valence-electron chi connectivity index (χ1n) is 9.38. The molecule has 0 spiro atoms. The Morgan fingerprint density at radius 1 is 1.17 bits per heavy atom. The van der Waals surface area contributed by atoms with E-state index in [4.69, 9.17) is 4.42 Å². The summed E-state index contributed by atoms with van der Waals surface area (Å²) in [4.78, 5) is 12.5. The van der Waals surface area contributed by atoms with Gasteiger partial charge in [-0.25, -0.2) is 0 Å². The van der Waals surface area contributed by atoms with Crippen LogP contribution in [0, 0.1) is 6.92 Å². The van der Waals surface area contributed by atoms with Crippen LogP contribution in [0.2, 0.25) is 0 Å². The number of thioether (sulfide) groups is 1. The van der Waals surface area contributed by atoms with Gasteiger partial charge >= 0.3 is 0 Å². The lowest BCUT2D eigenvalue weighted by Gasteiger charge is -2.16. The molecule has 0 fully saturated rings. The number of aromatic nitrogens is 3. The fourth-order valence-corrected chi connectivity index (χ4v) is 4.13. The first kappa shape index (κ1) is 19.3. The molecule has 2 heterocycles. The lowest BCUT2D eigenvalue weighted by molar-refractivity contribution is -0.119. The van der Waals surface area contributed by atoms with Crippen LogP contribution in [-0.4, -0.2) is 26.4 Å². The third-order valence-electron chi connectivity index (χ3n) is 4.93. The summed E-state index contributed by atoms with van der Waals surface area (Å²) in [5, 5.41) is 14.6. The molecule has 2 aromatic heterocycles. The summed E-state index contributed by atoms with van der Waals surface area (Å²) >= 11 is 1.37. The number of carbonyl (C=O) groups is 1. The quantitative estimate of drug-likeness (QED) is 0.477. The lowest BCUT2D eigenvalue weighted by atomic mass is 10.00. The number of hydrogen-bond acceptors (Lipinski definition) is 5. The second-order valence-corrected chi connectivity index (χ2v) is 7.84. The highest BCUT2D eigenvalue weighted by atomic mass is 32.2. The number of nitrogens with one attached hydrogen (secondary N) is 1. The summed E-state index contributed by atoms with van der Waals surface area (Å²) in [5.74, 6) is 1.74. The van der Waals surface area contributed by atoms with Gasteiger partial charge in [0.1, 0.15) is 5.76 Å². The van der Waals surface area contributed by atoms with Crippen LogP contribution in [0.3, 0.4) is 0 Å². The molecule has 0 bridgehead atoms. The van der Waals surface area contributed by atoms with E-state index in [9.17, 15) is 4.79 Å². The molecule has 0 saturated heterocycles. The molecule has 148 valence electrons. The average Bonchev–Trinajstić information content (AvgIpc) is 3.30. The number of furan rings is 1. The summed E-state index contributed by atoms with van der Waals surface area (Å²) in [6.07, 6.45) is 1.63. The number of nitrogens with zero attached hydrogens (tertiary/aromatic N) is 3. The topological polar surface area (TPSA) is 72.9 Å². The van der Waals surface area contributed by atoms with Gasteiger partial charge in [0, 0.05) is 7.05 Å². The van der Waals surface area contributed by atoms with Gasteiger partial charge in [0.2, 0.25) is 5.91 Å². The van der Waals surface area contributed by atoms with Crippen LogP contribution in [0.15, 0.2) is 64.4 Å². The number of rotatable bonds is 6. The maximum absolute atomic E-state index is 12.5. The second-order valence-electron chi connectivity index (χ2n) is 6.90. The third kappa shape index (κ3) is 3.91. The van der Waals surface area contributed by atoms with E-state index in [0.717, 1.165) is 28.1 Å². The van der Waals surface area contributed by atoms with Crippen molar-refractivity contribution in [3.8, 4) is 11.4 Å². The molecule has 0 aliphatic heterocycles. The van der Waals surface area contributed by atoms with Crippen LogP contribution >= 0.6 is 11.8 Å². The fourth-order valence-electron chi connectivity index (χ4n) is 3.41. The van der Waals surface area contributed by atoms with E-state index in [0.29, 0.717) is 5.16 Å². The smallest absolute Gasteiger partial charge is 0.230 e. The molecular weight excluding hydrogens is 384 g/mol. The van der Waals surface area contributed by atoms with Gasteiger partial charge in [-0.2, -0.15) is 0 Å². The molecule has 4 aromatic rings. The van der Waals surface area contributed by atoms with Crippen LogP contribution in [0.4, 0.5) is 0 Å². The van der Waals surface area contributed by atoms with Gasteiger partial charge < -0.3 is 14.3 Å². The van der Waals surface area contributed by atoms with Crippen molar-refractivity contribution < 1.29 is 9.21 Å². The first-order valence-corrected chi connectivity index (χ1v) is 10.4. The van der Waals surface area contributed by atoms with Crippen molar-refractivity contribution in [2.75, 3.05) is 5.75 Å². The van der Waals surface area contributed by atoms with Gasteiger partial charge in [-0.05, 0) is 36.2 Å². The summed E-state index contributed by atoms with van der Waals surface area (Å²) < 4.78 is 7.22. The Hall–Kier alpha value is -3.06. The normalized spacial score (nSPS) is 12.2. The van der Waals surface area contributed by atoms with E-state index in [2.05, 4.69) is 39.8 Å². The van der Waals surface area contributed by atoms with Gasteiger partial charge in [0.25, 0.3) is 0 Å². The molecule has 6 nitrogen and oxygen atoms in total. The van der Waals surface area contributed by atoms with Crippen molar-refractivity contribution in [1.29, 1.82) is 0 Å². The minimum absolute atomic E-state index is 0.0422. The van der Waals surface area contributed by atoms with Crippen LogP contribution in [-0.2, 0) is 11.8 Å². The van der Waals surface area contributed by atoms with E-state index >= 15 is 0 Å². The zero-order chi connectivity index (χ0) is 20.4. The highest BCUT2D eigenvalue weighted by Gasteiger charge is 2.17. The molecule has 2 aromatic carbocycles. The summed E-state index contributed by atoms with van der Waals surface area (Å²) in [6, 6.07) is 16.1. The predicted molar refractivity (Wildman–Crippen MR) is 115 cm³/mol. The highest BCUT2D eigenvalue weighted by molar-refractivity contribution is 7.99. The first-order chi connectivity index (χ1) is 14.0. The van der Waals surface area contributed by atoms with Crippen LogP contribution in [0.5, 0.6) is 0 Å². The summed E-state index contributed by atoms with van der Waals surface area (Å²) in [6.45, 7) is 3.89. The van der Waals surface area contributed by atoms with Gasteiger partial charge in [-0.15, -0.1) is 10.2 Å². The van der Waals surface area contributed by atoms with Crippen LogP contribution in [0.1, 0.15) is 24.3 Å². The summed E-state index contributed by atoms with van der Waals surface area (Å²) in [5.41, 5.74) is 2.01. The Kier molecular flexibility index (Phi) is 5.40. The minimum atomic E-state index is -0.0853. The number of benzene rings is 2. The molecule has 0 saturated carbocycles. The molecular formula is C22H22N4O2S. The van der Waals surface area contributed by atoms with E-state index in [1.807, 2.05) is 49.7 Å². The molecule has 1 unspecified atom stereocenters. The Balaban J connectivity index is 1.42. The van der Waals surface area contributed by atoms with Crippen molar-refractivity contribution in [1.82, 2.24) is 20.1 Å². The average molecular weight is 407 g/mol. The molecule has 0 aliphatic carbocycles. The molecule has 7 heteroatoms. The lowest BCUT2D eigenvalue weighted by Crippen LogP contribution is -2.28. The van der Waals surface area contributed by atoms with Crippen molar-refractivity contribution in [3.63, 3.8) is 0 Å². The van der Waals surface area contributed by atoms with E-state index in [1.165, 1.54) is 17.1 Å². The third-order valence-corrected chi connectivity index (χ3v) is 5.95.